The molecular formula is C24H33N. The second kappa shape index (κ2) is 11.3. The van der Waals surface area contributed by atoms with Crippen molar-refractivity contribution in [3.05, 3.63) is 90.1 Å². The Morgan fingerprint density at radius 3 is 2.56 bits per heavy atom. The van der Waals surface area contributed by atoms with Gasteiger partial charge in [0.15, 0.2) is 0 Å². The molecule has 1 aromatic rings. The molecule has 0 spiro atoms. The third-order valence-electron chi connectivity index (χ3n) is 4.26. The quantitative estimate of drug-likeness (QED) is 0.363. The first kappa shape index (κ1) is 20.8. The van der Waals surface area contributed by atoms with Gasteiger partial charge in [-0.15, -0.1) is 0 Å². The molecule has 0 aliphatic rings. The highest BCUT2D eigenvalue weighted by molar-refractivity contribution is 5.52. The zero-order valence-electron chi connectivity index (χ0n) is 16.3. The van der Waals surface area contributed by atoms with E-state index in [1.807, 2.05) is 0 Å². The Balaban J connectivity index is 2.70. The van der Waals surface area contributed by atoms with E-state index in [1.165, 1.54) is 16.8 Å². The van der Waals surface area contributed by atoms with E-state index in [1.54, 1.807) is 0 Å². The molecule has 0 saturated heterocycles. The average Bonchev–Trinajstić information content (AvgIpc) is 2.62. The molecule has 1 unspecified atom stereocenters. The lowest BCUT2D eigenvalue weighted by Crippen LogP contribution is -2.00. The zero-order valence-corrected chi connectivity index (χ0v) is 16.3. The van der Waals surface area contributed by atoms with Gasteiger partial charge in [0, 0.05) is 12.2 Å². The first-order valence-electron chi connectivity index (χ1n) is 9.20. The van der Waals surface area contributed by atoms with Gasteiger partial charge in [-0.1, -0.05) is 75.6 Å². The van der Waals surface area contributed by atoms with Gasteiger partial charge in [0.25, 0.3) is 0 Å². The monoisotopic (exact) mass is 335 g/mol. The van der Waals surface area contributed by atoms with Gasteiger partial charge in [0.2, 0.25) is 0 Å². The molecule has 1 aromatic carbocycles. The van der Waals surface area contributed by atoms with Gasteiger partial charge in [0.05, 0.1) is 0 Å². The van der Waals surface area contributed by atoms with Gasteiger partial charge in [-0.25, -0.2) is 0 Å². The maximum atomic E-state index is 4.19. The van der Waals surface area contributed by atoms with Crippen molar-refractivity contribution in [3.63, 3.8) is 0 Å². The van der Waals surface area contributed by atoms with Crippen LogP contribution in [0.15, 0.2) is 84.5 Å². The van der Waals surface area contributed by atoms with Gasteiger partial charge >= 0.3 is 0 Å². The normalized spacial score (nSPS) is 13.4. The van der Waals surface area contributed by atoms with Crippen LogP contribution in [0.2, 0.25) is 0 Å². The van der Waals surface area contributed by atoms with Gasteiger partial charge in [0.1, 0.15) is 0 Å². The van der Waals surface area contributed by atoms with Crippen molar-refractivity contribution < 1.29 is 0 Å². The van der Waals surface area contributed by atoms with E-state index >= 15 is 0 Å². The Hall–Kier alpha value is -2.28. The third kappa shape index (κ3) is 7.43. The molecule has 0 aliphatic heterocycles. The van der Waals surface area contributed by atoms with Crippen LogP contribution in [0.25, 0.3) is 0 Å². The molecule has 134 valence electrons. The van der Waals surface area contributed by atoms with Crippen molar-refractivity contribution >= 4 is 5.69 Å². The summed E-state index contributed by atoms with van der Waals surface area (Å²) < 4.78 is 0. The van der Waals surface area contributed by atoms with Gasteiger partial charge in [-0.05, 0) is 61.0 Å². The molecule has 0 aromatic heterocycles. The predicted octanol–water partition coefficient (Wildman–Crippen LogP) is 6.88. The van der Waals surface area contributed by atoms with Crippen LogP contribution in [0, 0.1) is 5.92 Å². The van der Waals surface area contributed by atoms with Crippen LogP contribution < -0.4 is 5.32 Å². The molecule has 25 heavy (non-hydrogen) atoms. The minimum Gasteiger partial charge on any atom is -0.385 e. The fourth-order valence-electron chi connectivity index (χ4n) is 2.41. The fraction of sp³-hybridized carbons (Fsp3) is 0.333. The SMILES string of the molecule is C=C(/C=C\C(=C)C(C)/C=C\CC)/C(C)=C/Cc1ccccc1NCC. The van der Waals surface area contributed by atoms with Crippen molar-refractivity contribution in [1.29, 1.82) is 0 Å². The Morgan fingerprint density at radius 1 is 1.16 bits per heavy atom. The van der Waals surface area contributed by atoms with Crippen LogP contribution in [0.4, 0.5) is 5.69 Å². The van der Waals surface area contributed by atoms with Crippen molar-refractivity contribution in [2.24, 2.45) is 5.92 Å². The minimum atomic E-state index is 0.361. The maximum absolute atomic E-state index is 4.19. The molecule has 1 N–H and O–H groups in total. The molecule has 1 atom stereocenters. The molecular weight excluding hydrogens is 302 g/mol. The Labute approximate surface area is 154 Å². The zero-order chi connectivity index (χ0) is 18.7. The van der Waals surface area contributed by atoms with E-state index in [9.17, 15) is 0 Å². The number of hydrogen-bond acceptors (Lipinski definition) is 1. The summed E-state index contributed by atoms with van der Waals surface area (Å²) in [6.45, 7) is 17.8. The van der Waals surface area contributed by atoms with Crippen molar-refractivity contribution in [3.8, 4) is 0 Å². The number of para-hydroxylation sites is 1. The van der Waals surface area contributed by atoms with E-state index in [0.717, 1.165) is 30.5 Å². The Bertz CT molecular complexity index is 658. The minimum absolute atomic E-state index is 0.361. The van der Waals surface area contributed by atoms with Crippen LogP contribution >= 0.6 is 0 Å². The summed E-state index contributed by atoms with van der Waals surface area (Å²) in [5.41, 5.74) is 5.86. The molecule has 0 amide bonds. The standard InChI is InChI=1S/C24H33N/c1-7-9-12-19(3)20(4)15-16-21(5)22(6)17-18-23-13-10-11-14-24(23)25-8-2/h9-17,19,25H,4-5,7-8,18H2,1-3,6H3/b12-9-,16-15-,22-17+. The van der Waals surface area contributed by atoms with Gasteiger partial charge < -0.3 is 5.32 Å². The molecule has 0 heterocycles. The lowest BCUT2D eigenvalue weighted by atomic mass is 9.99. The van der Waals surface area contributed by atoms with Crippen molar-refractivity contribution in [1.82, 2.24) is 0 Å². The number of benzene rings is 1. The van der Waals surface area contributed by atoms with Crippen LogP contribution in [-0.4, -0.2) is 6.54 Å². The summed E-state index contributed by atoms with van der Waals surface area (Å²) in [5.74, 6) is 0.361. The van der Waals surface area contributed by atoms with Crippen LogP contribution in [0.5, 0.6) is 0 Å². The number of nitrogens with one attached hydrogen (secondary N) is 1. The number of allylic oxidation sites excluding steroid dienone is 8. The van der Waals surface area contributed by atoms with E-state index in [-0.39, 0.29) is 0 Å². The maximum Gasteiger partial charge on any atom is 0.0375 e. The lowest BCUT2D eigenvalue weighted by molar-refractivity contribution is 0.888. The third-order valence-corrected chi connectivity index (χ3v) is 4.26. The summed E-state index contributed by atoms with van der Waals surface area (Å²) in [7, 11) is 0. The molecule has 1 rings (SSSR count). The molecule has 1 heteroatoms. The van der Waals surface area contributed by atoms with E-state index in [0.29, 0.717) is 5.92 Å². The Kier molecular flexibility index (Phi) is 9.39. The second-order valence-electron chi connectivity index (χ2n) is 6.34. The number of hydrogen-bond donors (Lipinski definition) is 1. The highest BCUT2D eigenvalue weighted by Gasteiger charge is 2.01. The summed E-state index contributed by atoms with van der Waals surface area (Å²) >= 11 is 0. The average molecular weight is 336 g/mol. The van der Waals surface area contributed by atoms with Gasteiger partial charge in [-0.2, -0.15) is 0 Å². The highest BCUT2D eigenvalue weighted by atomic mass is 14.9. The summed E-state index contributed by atoms with van der Waals surface area (Å²) in [4.78, 5) is 0. The van der Waals surface area contributed by atoms with Crippen LogP contribution in [-0.2, 0) is 6.42 Å². The Morgan fingerprint density at radius 2 is 1.88 bits per heavy atom. The molecule has 0 bridgehead atoms. The second-order valence-corrected chi connectivity index (χ2v) is 6.34. The van der Waals surface area contributed by atoms with E-state index in [4.69, 9.17) is 0 Å². The van der Waals surface area contributed by atoms with E-state index in [2.05, 4.69) is 101 Å². The predicted molar refractivity (Wildman–Crippen MR) is 114 cm³/mol. The lowest BCUT2D eigenvalue weighted by Gasteiger charge is -2.10. The molecule has 0 radical (unpaired) electrons. The number of rotatable bonds is 10. The smallest absolute Gasteiger partial charge is 0.0375 e. The first-order valence-corrected chi connectivity index (χ1v) is 9.20. The molecule has 0 fully saturated rings. The molecule has 0 saturated carbocycles. The topological polar surface area (TPSA) is 12.0 Å². The first-order chi connectivity index (χ1) is 12.0. The van der Waals surface area contributed by atoms with Crippen LogP contribution in [0.1, 0.15) is 39.7 Å². The van der Waals surface area contributed by atoms with Gasteiger partial charge in [-0.3, -0.25) is 0 Å². The number of anilines is 1. The van der Waals surface area contributed by atoms with Crippen molar-refractivity contribution in [2.45, 2.75) is 40.5 Å². The molecule has 0 aliphatic carbocycles. The summed E-state index contributed by atoms with van der Waals surface area (Å²) in [5, 5.41) is 3.41. The fourth-order valence-corrected chi connectivity index (χ4v) is 2.41. The van der Waals surface area contributed by atoms with Crippen LogP contribution in [0.3, 0.4) is 0 Å². The van der Waals surface area contributed by atoms with Crippen molar-refractivity contribution in [2.75, 3.05) is 11.9 Å². The van der Waals surface area contributed by atoms with E-state index < -0.39 is 0 Å². The largest absolute Gasteiger partial charge is 0.385 e. The highest BCUT2D eigenvalue weighted by Crippen LogP contribution is 2.19. The summed E-state index contributed by atoms with van der Waals surface area (Å²) in [6.07, 6.45) is 12.7. The summed E-state index contributed by atoms with van der Waals surface area (Å²) in [6, 6.07) is 8.46. The molecule has 1 nitrogen and oxygen atoms in total.